The first-order valence-corrected chi connectivity index (χ1v) is 7.12. The van der Waals surface area contributed by atoms with Crippen LogP contribution in [0.4, 0.5) is 4.39 Å². The van der Waals surface area contributed by atoms with E-state index in [1.54, 1.807) is 0 Å². The van der Waals surface area contributed by atoms with Crippen molar-refractivity contribution < 1.29 is 13.9 Å². The molecule has 5 heteroatoms. The smallest absolute Gasteiger partial charge is 0.252 e. The van der Waals surface area contributed by atoms with E-state index in [4.69, 9.17) is 10.5 Å². The third-order valence-electron chi connectivity index (χ3n) is 3.97. The molecule has 3 rings (SSSR count). The molecule has 3 N–H and O–H groups in total. The van der Waals surface area contributed by atoms with Crippen LogP contribution in [0.1, 0.15) is 35.2 Å². The topological polar surface area (TPSA) is 64.4 Å². The van der Waals surface area contributed by atoms with Crippen molar-refractivity contribution in [3.8, 4) is 11.8 Å². The number of ether oxygens (including phenoxy) is 1. The van der Waals surface area contributed by atoms with E-state index in [2.05, 4.69) is 17.2 Å². The molecular weight excluding hydrogens is 271 g/mol. The number of carbonyl (C=O) groups is 1. The minimum atomic E-state index is -0.456. The summed E-state index contributed by atoms with van der Waals surface area (Å²) >= 11 is 0. The Labute approximate surface area is 122 Å². The van der Waals surface area contributed by atoms with Gasteiger partial charge in [-0.2, -0.15) is 0 Å². The summed E-state index contributed by atoms with van der Waals surface area (Å²) in [5.74, 6) is 4.73. The summed E-state index contributed by atoms with van der Waals surface area (Å²) in [6, 6.07) is 4.02. The summed E-state index contributed by atoms with van der Waals surface area (Å²) in [7, 11) is 0. The average Bonchev–Trinajstić information content (AvgIpc) is 3.08. The van der Waals surface area contributed by atoms with Gasteiger partial charge in [0.05, 0.1) is 30.4 Å². The maximum absolute atomic E-state index is 13.4. The zero-order chi connectivity index (χ0) is 14.8. The zero-order valence-corrected chi connectivity index (χ0v) is 11.6. The fourth-order valence-electron chi connectivity index (χ4n) is 3.00. The Hall–Kier alpha value is -1.90. The van der Waals surface area contributed by atoms with E-state index in [1.165, 1.54) is 18.2 Å². The normalized spacial score (nSPS) is 26.3. The molecule has 0 aromatic heterocycles. The number of carbonyl (C=O) groups excluding carboxylic acids is 1. The van der Waals surface area contributed by atoms with Crippen LogP contribution >= 0.6 is 0 Å². The van der Waals surface area contributed by atoms with Crippen LogP contribution in [-0.4, -0.2) is 30.7 Å². The molecule has 21 heavy (non-hydrogen) atoms. The first-order valence-electron chi connectivity index (χ1n) is 7.12. The number of nitrogens with one attached hydrogen (secondary N) is 1. The molecule has 3 atom stereocenters. The SMILES string of the molecule is NCC#Cc1ccc(F)cc1C(=O)NC1CC2CCC1O2. The van der Waals surface area contributed by atoms with E-state index >= 15 is 0 Å². The molecule has 1 aromatic carbocycles. The Morgan fingerprint density at radius 3 is 3.00 bits per heavy atom. The van der Waals surface area contributed by atoms with Crippen molar-refractivity contribution in [1.82, 2.24) is 5.32 Å². The van der Waals surface area contributed by atoms with Crippen molar-refractivity contribution in [3.05, 3.63) is 35.1 Å². The number of halogens is 1. The van der Waals surface area contributed by atoms with Crippen LogP contribution in [0.5, 0.6) is 0 Å². The van der Waals surface area contributed by atoms with E-state index in [0.29, 0.717) is 5.56 Å². The average molecular weight is 288 g/mol. The molecular formula is C16H17FN2O2. The van der Waals surface area contributed by atoms with Gasteiger partial charge >= 0.3 is 0 Å². The van der Waals surface area contributed by atoms with Gasteiger partial charge in [0.25, 0.3) is 5.91 Å². The van der Waals surface area contributed by atoms with Gasteiger partial charge in [-0.05, 0) is 37.5 Å². The van der Waals surface area contributed by atoms with Crippen LogP contribution < -0.4 is 11.1 Å². The summed E-state index contributed by atoms with van der Waals surface area (Å²) in [4.78, 5) is 12.4. The molecule has 2 aliphatic rings. The highest BCUT2D eigenvalue weighted by molar-refractivity contribution is 5.97. The number of amides is 1. The maximum atomic E-state index is 13.4. The predicted molar refractivity (Wildman–Crippen MR) is 76.1 cm³/mol. The number of benzene rings is 1. The van der Waals surface area contributed by atoms with Gasteiger partial charge in [-0.1, -0.05) is 11.8 Å². The maximum Gasteiger partial charge on any atom is 0.252 e. The van der Waals surface area contributed by atoms with E-state index < -0.39 is 5.82 Å². The Morgan fingerprint density at radius 1 is 1.48 bits per heavy atom. The third kappa shape index (κ3) is 2.92. The molecule has 0 spiro atoms. The quantitative estimate of drug-likeness (QED) is 0.803. The van der Waals surface area contributed by atoms with Crippen molar-refractivity contribution in [1.29, 1.82) is 0 Å². The van der Waals surface area contributed by atoms with Crippen LogP contribution in [0, 0.1) is 17.7 Å². The fourth-order valence-corrected chi connectivity index (χ4v) is 3.00. The number of hydrogen-bond acceptors (Lipinski definition) is 3. The lowest BCUT2D eigenvalue weighted by atomic mass is 9.95. The second-order valence-electron chi connectivity index (χ2n) is 5.39. The highest BCUT2D eigenvalue weighted by atomic mass is 19.1. The molecule has 2 bridgehead atoms. The van der Waals surface area contributed by atoms with Gasteiger partial charge in [-0.25, -0.2) is 4.39 Å². The Bertz CT molecular complexity index is 620. The van der Waals surface area contributed by atoms with Crippen molar-refractivity contribution in [3.63, 3.8) is 0 Å². The lowest BCUT2D eigenvalue weighted by Gasteiger charge is -2.20. The summed E-state index contributed by atoms with van der Waals surface area (Å²) in [6.45, 7) is 0.193. The Kier molecular flexibility index (Phi) is 3.91. The highest BCUT2D eigenvalue weighted by Gasteiger charge is 2.41. The monoisotopic (exact) mass is 288 g/mol. The summed E-state index contributed by atoms with van der Waals surface area (Å²) in [5, 5.41) is 2.94. The molecule has 2 heterocycles. The van der Waals surface area contributed by atoms with E-state index in [-0.39, 0.29) is 36.3 Å². The molecule has 1 amide bonds. The predicted octanol–water partition coefficient (Wildman–Crippen LogP) is 1.19. The minimum Gasteiger partial charge on any atom is -0.373 e. The molecule has 2 aliphatic heterocycles. The number of hydrogen-bond donors (Lipinski definition) is 2. The molecule has 4 nitrogen and oxygen atoms in total. The van der Waals surface area contributed by atoms with Crippen LogP contribution in [0.2, 0.25) is 0 Å². The standard InChI is InChI=1S/C16H17FN2O2/c17-11-4-3-10(2-1-7-18)13(8-11)16(20)19-14-9-12-5-6-15(14)21-12/h3-4,8,12,14-15H,5-7,9,18H2,(H,19,20). The van der Waals surface area contributed by atoms with E-state index in [1.807, 2.05) is 0 Å². The largest absolute Gasteiger partial charge is 0.373 e. The number of fused-ring (bicyclic) bond motifs is 2. The van der Waals surface area contributed by atoms with E-state index in [9.17, 15) is 9.18 Å². The lowest BCUT2D eigenvalue weighted by Crippen LogP contribution is -2.41. The molecule has 2 fully saturated rings. The van der Waals surface area contributed by atoms with Gasteiger partial charge in [-0.15, -0.1) is 0 Å². The molecule has 110 valence electrons. The minimum absolute atomic E-state index is 0.00911. The van der Waals surface area contributed by atoms with Crippen LogP contribution in [0.25, 0.3) is 0 Å². The lowest BCUT2D eigenvalue weighted by molar-refractivity contribution is 0.0840. The van der Waals surface area contributed by atoms with Gasteiger partial charge in [0, 0.05) is 5.56 Å². The van der Waals surface area contributed by atoms with Crippen molar-refractivity contribution in [2.45, 2.75) is 37.5 Å². The van der Waals surface area contributed by atoms with E-state index in [0.717, 1.165) is 19.3 Å². The van der Waals surface area contributed by atoms with Crippen molar-refractivity contribution in [2.24, 2.45) is 5.73 Å². The number of nitrogens with two attached hydrogens (primary N) is 1. The van der Waals surface area contributed by atoms with Gasteiger partial charge < -0.3 is 15.8 Å². The number of rotatable bonds is 2. The van der Waals surface area contributed by atoms with Gasteiger partial charge in [0.15, 0.2) is 0 Å². The van der Waals surface area contributed by atoms with Crippen LogP contribution in [0.3, 0.4) is 0 Å². The Balaban J connectivity index is 1.78. The molecule has 2 saturated heterocycles. The fraction of sp³-hybridized carbons (Fsp3) is 0.438. The molecule has 0 aliphatic carbocycles. The summed E-state index contributed by atoms with van der Waals surface area (Å²) in [5.41, 5.74) is 6.08. The second-order valence-corrected chi connectivity index (χ2v) is 5.39. The van der Waals surface area contributed by atoms with Crippen LogP contribution in [-0.2, 0) is 4.74 Å². The first-order chi connectivity index (χ1) is 10.2. The molecule has 0 radical (unpaired) electrons. The van der Waals surface area contributed by atoms with Crippen molar-refractivity contribution >= 4 is 5.91 Å². The molecule has 0 saturated carbocycles. The molecule has 3 unspecified atom stereocenters. The molecule has 1 aromatic rings. The summed E-state index contributed by atoms with van der Waals surface area (Å²) in [6.07, 6.45) is 3.20. The third-order valence-corrected chi connectivity index (χ3v) is 3.97. The van der Waals surface area contributed by atoms with Crippen LogP contribution in [0.15, 0.2) is 18.2 Å². The highest BCUT2D eigenvalue weighted by Crippen LogP contribution is 2.34. The Morgan fingerprint density at radius 2 is 2.33 bits per heavy atom. The summed E-state index contributed by atoms with van der Waals surface area (Å²) < 4.78 is 19.1. The second kappa shape index (κ2) is 5.84. The first kappa shape index (κ1) is 14.1. The van der Waals surface area contributed by atoms with Crippen molar-refractivity contribution in [2.75, 3.05) is 6.54 Å². The van der Waals surface area contributed by atoms with Gasteiger partial charge in [0.2, 0.25) is 0 Å². The zero-order valence-electron chi connectivity index (χ0n) is 11.6. The van der Waals surface area contributed by atoms with Gasteiger partial charge in [-0.3, -0.25) is 4.79 Å². The van der Waals surface area contributed by atoms with Gasteiger partial charge in [0.1, 0.15) is 5.82 Å².